The fraction of sp³-hybridized carbons (Fsp3) is 0.185. The van der Waals surface area contributed by atoms with Crippen molar-refractivity contribution in [2.45, 2.75) is 25.9 Å². The highest BCUT2D eigenvalue weighted by Gasteiger charge is 2.42. The van der Waals surface area contributed by atoms with Crippen LogP contribution >= 0.6 is 11.6 Å². The van der Waals surface area contributed by atoms with Gasteiger partial charge < -0.3 is 14.7 Å². The molecule has 5 rings (SSSR count). The first-order chi connectivity index (χ1) is 16.5. The summed E-state index contributed by atoms with van der Waals surface area (Å²) >= 11 is 6.22. The van der Waals surface area contributed by atoms with Crippen LogP contribution in [0.1, 0.15) is 45.7 Å². The van der Waals surface area contributed by atoms with Crippen LogP contribution in [0.4, 0.5) is 0 Å². The third kappa shape index (κ3) is 3.80. The summed E-state index contributed by atoms with van der Waals surface area (Å²) in [6.45, 7) is 2.52. The number of phenolic OH excluding ortho intramolecular Hbond substituents is 1. The number of nitrogens with zero attached hydrogens (tertiary/aromatic N) is 2. The van der Waals surface area contributed by atoms with Crippen molar-refractivity contribution in [3.05, 3.63) is 99.7 Å². The van der Waals surface area contributed by atoms with Crippen molar-refractivity contribution in [3.63, 3.8) is 0 Å². The van der Waals surface area contributed by atoms with Crippen molar-refractivity contribution < 1.29 is 14.6 Å². The smallest absolute Gasteiger partial charge is 0.273 e. The Morgan fingerprint density at radius 3 is 2.44 bits per heavy atom. The molecule has 3 aromatic carbocycles. The molecule has 172 valence electrons. The molecule has 7 heteroatoms. The molecule has 1 aromatic heterocycles. The van der Waals surface area contributed by atoms with Crippen molar-refractivity contribution in [3.8, 4) is 22.8 Å². The van der Waals surface area contributed by atoms with E-state index in [0.717, 1.165) is 28.9 Å². The van der Waals surface area contributed by atoms with Gasteiger partial charge in [0, 0.05) is 22.7 Å². The number of ether oxygens (including phenoxy) is 1. The van der Waals surface area contributed by atoms with E-state index >= 15 is 0 Å². The van der Waals surface area contributed by atoms with Crippen LogP contribution in [0.3, 0.4) is 0 Å². The number of hydrogen-bond acceptors (Lipinski definition) is 4. The number of halogens is 1. The highest BCUT2D eigenvalue weighted by atomic mass is 35.5. The number of fused-ring (bicyclic) bond motifs is 1. The van der Waals surface area contributed by atoms with E-state index in [2.05, 4.69) is 41.4 Å². The lowest BCUT2D eigenvalue weighted by Crippen LogP contribution is -2.29. The van der Waals surface area contributed by atoms with E-state index in [9.17, 15) is 9.90 Å². The van der Waals surface area contributed by atoms with Gasteiger partial charge in [-0.2, -0.15) is 5.10 Å². The van der Waals surface area contributed by atoms with Crippen LogP contribution in [-0.4, -0.2) is 33.2 Å². The van der Waals surface area contributed by atoms with E-state index in [1.54, 1.807) is 19.2 Å². The maximum atomic E-state index is 13.6. The second-order valence-electron chi connectivity index (χ2n) is 8.30. The van der Waals surface area contributed by atoms with Crippen molar-refractivity contribution in [1.82, 2.24) is 15.1 Å². The molecule has 1 unspecified atom stereocenters. The first-order valence-electron chi connectivity index (χ1n) is 11.1. The van der Waals surface area contributed by atoms with Gasteiger partial charge in [-0.05, 0) is 53.4 Å². The lowest BCUT2D eigenvalue weighted by atomic mass is 9.94. The van der Waals surface area contributed by atoms with E-state index in [1.165, 1.54) is 11.6 Å². The number of carbonyl (C=O) groups is 1. The fourth-order valence-corrected chi connectivity index (χ4v) is 4.64. The lowest BCUT2D eigenvalue weighted by molar-refractivity contribution is 0.0730. The summed E-state index contributed by atoms with van der Waals surface area (Å²) in [5.74, 6) is 0.673. The molecule has 2 heterocycles. The number of carbonyl (C=O) groups excluding carboxylic acids is 1. The Bertz CT molecular complexity index is 1350. The monoisotopic (exact) mass is 473 g/mol. The zero-order valence-electron chi connectivity index (χ0n) is 18.9. The quantitative estimate of drug-likeness (QED) is 0.373. The number of rotatable bonds is 6. The van der Waals surface area contributed by atoms with Crippen molar-refractivity contribution >= 4 is 17.5 Å². The van der Waals surface area contributed by atoms with Crippen LogP contribution in [0.15, 0.2) is 66.7 Å². The first-order valence-corrected chi connectivity index (χ1v) is 11.5. The summed E-state index contributed by atoms with van der Waals surface area (Å²) < 4.78 is 5.27. The highest BCUT2D eigenvalue weighted by Crippen LogP contribution is 2.45. The molecule has 1 atom stereocenters. The number of aromatic nitrogens is 2. The molecule has 2 N–H and O–H groups in total. The molecule has 0 fully saturated rings. The highest BCUT2D eigenvalue weighted by molar-refractivity contribution is 6.31. The number of phenols is 1. The van der Waals surface area contributed by atoms with Crippen molar-refractivity contribution in [1.29, 1.82) is 0 Å². The second-order valence-corrected chi connectivity index (χ2v) is 8.74. The van der Waals surface area contributed by atoms with Crippen LogP contribution in [0.25, 0.3) is 11.3 Å². The van der Waals surface area contributed by atoms with Gasteiger partial charge in [-0.1, -0.05) is 54.9 Å². The number of aromatic hydroxyl groups is 1. The van der Waals surface area contributed by atoms with Gasteiger partial charge in [0.25, 0.3) is 5.91 Å². The summed E-state index contributed by atoms with van der Waals surface area (Å²) in [6, 6.07) is 20.4. The van der Waals surface area contributed by atoms with Gasteiger partial charge in [0.1, 0.15) is 22.9 Å². The number of aryl methyl sites for hydroxylation is 1. The Labute approximate surface area is 202 Å². The zero-order valence-corrected chi connectivity index (χ0v) is 19.6. The van der Waals surface area contributed by atoms with E-state index in [4.69, 9.17) is 16.3 Å². The van der Waals surface area contributed by atoms with E-state index in [1.807, 2.05) is 29.2 Å². The van der Waals surface area contributed by atoms with Crippen LogP contribution in [0.5, 0.6) is 11.5 Å². The van der Waals surface area contributed by atoms with Crippen molar-refractivity contribution in [2.75, 3.05) is 7.11 Å². The van der Waals surface area contributed by atoms with Crippen LogP contribution in [-0.2, 0) is 13.0 Å². The molecule has 1 amide bonds. The average Bonchev–Trinajstić information content (AvgIpc) is 3.40. The molecule has 0 bridgehead atoms. The predicted octanol–water partition coefficient (Wildman–Crippen LogP) is 5.75. The Morgan fingerprint density at radius 1 is 1.06 bits per heavy atom. The largest absolute Gasteiger partial charge is 0.507 e. The molecule has 1 aliphatic heterocycles. The number of benzene rings is 3. The maximum absolute atomic E-state index is 13.6. The van der Waals surface area contributed by atoms with Crippen LogP contribution in [0, 0.1) is 0 Å². The van der Waals surface area contributed by atoms with Crippen LogP contribution in [0.2, 0.25) is 5.02 Å². The number of aromatic amines is 1. The van der Waals surface area contributed by atoms with Gasteiger partial charge in [0.05, 0.1) is 13.2 Å². The molecule has 6 nitrogen and oxygen atoms in total. The number of methoxy groups -OCH3 is 1. The maximum Gasteiger partial charge on any atom is 0.273 e. The van der Waals surface area contributed by atoms with Crippen LogP contribution < -0.4 is 4.74 Å². The molecule has 1 aliphatic rings. The van der Waals surface area contributed by atoms with Gasteiger partial charge in [-0.15, -0.1) is 0 Å². The molecule has 0 aliphatic carbocycles. The lowest BCUT2D eigenvalue weighted by Gasteiger charge is -2.27. The predicted molar refractivity (Wildman–Crippen MR) is 131 cm³/mol. The average molecular weight is 474 g/mol. The minimum absolute atomic E-state index is 0.0554. The summed E-state index contributed by atoms with van der Waals surface area (Å²) in [5, 5.41) is 18.4. The first kappa shape index (κ1) is 22.0. The van der Waals surface area contributed by atoms with E-state index in [0.29, 0.717) is 28.5 Å². The Balaban J connectivity index is 1.63. The zero-order chi connectivity index (χ0) is 23.8. The van der Waals surface area contributed by atoms with Gasteiger partial charge in [0.15, 0.2) is 0 Å². The Hall–Kier alpha value is -3.77. The molecule has 34 heavy (non-hydrogen) atoms. The molecule has 4 aromatic rings. The number of amides is 1. The van der Waals surface area contributed by atoms with Gasteiger partial charge in [-0.3, -0.25) is 9.89 Å². The second kappa shape index (κ2) is 8.88. The normalized spacial score (nSPS) is 15.0. The number of hydrogen-bond donors (Lipinski definition) is 2. The summed E-state index contributed by atoms with van der Waals surface area (Å²) in [6.07, 6.45) is 0.929. The van der Waals surface area contributed by atoms with E-state index < -0.39 is 0 Å². The minimum Gasteiger partial charge on any atom is -0.507 e. The van der Waals surface area contributed by atoms with Crippen molar-refractivity contribution in [2.24, 2.45) is 0 Å². The SMILES string of the molecule is CCc1ccc(C2c3c(-c4cc(Cl)ccc4O)n[nH]c3C(=O)N2Cc2ccc(OC)cc2)cc1. The summed E-state index contributed by atoms with van der Waals surface area (Å²) in [7, 11) is 1.63. The molecule has 0 saturated carbocycles. The van der Waals surface area contributed by atoms with Gasteiger partial charge >= 0.3 is 0 Å². The van der Waals surface area contributed by atoms with E-state index in [-0.39, 0.29) is 17.7 Å². The molecule has 0 radical (unpaired) electrons. The summed E-state index contributed by atoms with van der Waals surface area (Å²) in [5.41, 5.74) is 5.34. The third-order valence-electron chi connectivity index (χ3n) is 6.29. The Morgan fingerprint density at radius 2 is 1.76 bits per heavy atom. The molecular formula is C27H24ClN3O3. The number of nitrogens with one attached hydrogen (secondary N) is 1. The topological polar surface area (TPSA) is 78.5 Å². The fourth-order valence-electron chi connectivity index (χ4n) is 4.47. The minimum atomic E-state index is -0.373. The Kier molecular flexibility index (Phi) is 5.75. The standard InChI is InChI=1S/C27H24ClN3O3/c1-3-16-4-8-18(9-5-16)26-23-24(21-14-19(28)10-13-22(21)32)29-30-25(23)27(33)31(26)15-17-6-11-20(34-2)12-7-17/h4-14,26,32H,3,15H2,1-2H3,(H,29,30). The molecular weight excluding hydrogens is 450 g/mol. The molecule has 0 saturated heterocycles. The van der Waals surface area contributed by atoms with Gasteiger partial charge in [-0.25, -0.2) is 0 Å². The third-order valence-corrected chi connectivity index (χ3v) is 6.53. The number of H-pyrrole nitrogens is 1. The summed E-state index contributed by atoms with van der Waals surface area (Å²) in [4.78, 5) is 15.4. The van der Waals surface area contributed by atoms with Gasteiger partial charge in [0.2, 0.25) is 0 Å². The molecule has 0 spiro atoms.